The van der Waals surface area contributed by atoms with Crippen LogP contribution in [0.25, 0.3) is 0 Å². The molecule has 1 saturated heterocycles. The van der Waals surface area contributed by atoms with Gasteiger partial charge in [-0.1, -0.05) is 51.4 Å². The lowest BCUT2D eigenvalue weighted by Gasteiger charge is -2.50. The molecule has 2 atom stereocenters. The summed E-state index contributed by atoms with van der Waals surface area (Å²) in [4.78, 5) is 35.5. The monoisotopic (exact) mass is 371 g/mol. The third-order valence-corrected chi connectivity index (χ3v) is 7.29. The van der Waals surface area contributed by atoms with E-state index in [1.165, 1.54) is 6.42 Å². The van der Waals surface area contributed by atoms with E-state index in [9.17, 15) is 9.59 Å². The van der Waals surface area contributed by atoms with Gasteiger partial charge in [-0.2, -0.15) is 11.8 Å². The van der Waals surface area contributed by atoms with Gasteiger partial charge in [-0.25, -0.2) is 9.59 Å². The maximum atomic E-state index is 13.0. The van der Waals surface area contributed by atoms with Crippen LogP contribution in [0.2, 0.25) is 0 Å². The number of rotatable bonds is 4. The van der Waals surface area contributed by atoms with Crippen molar-refractivity contribution in [3.8, 4) is 0 Å². The van der Waals surface area contributed by atoms with E-state index in [-0.39, 0.29) is 5.92 Å². The molecular weight excluding hydrogens is 342 g/mol. The van der Waals surface area contributed by atoms with Gasteiger partial charge in [0.05, 0.1) is 0 Å². The number of thioether (sulfide) groups is 1. The zero-order valence-corrected chi connectivity index (χ0v) is 15.8. The van der Waals surface area contributed by atoms with Crippen molar-refractivity contribution in [1.82, 2.24) is 0 Å². The quantitative estimate of drug-likeness (QED) is 0.760. The van der Waals surface area contributed by atoms with E-state index in [2.05, 4.69) is 5.04 Å². The lowest BCUT2D eigenvalue weighted by molar-refractivity contribution is -0.457. The Bertz CT molecular complexity index is 502. The Labute approximate surface area is 153 Å². The molecule has 142 valence electrons. The van der Waals surface area contributed by atoms with E-state index in [0.717, 1.165) is 50.7 Å². The van der Waals surface area contributed by atoms with Crippen LogP contribution in [-0.4, -0.2) is 29.5 Å². The summed E-state index contributed by atoms with van der Waals surface area (Å²) < 4.78 is 0. The van der Waals surface area contributed by atoms with Gasteiger partial charge in [-0.05, 0) is 30.8 Å². The molecule has 6 nitrogen and oxygen atoms in total. The Morgan fingerprint density at radius 3 is 2.28 bits per heavy atom. The zero-order chi connectivity index (χ0) is 17.9. The highest BCUT2D eigenvalue weighted by atomic mass is 32.2. The van der Waals surface area contributed by atoms with E-state index in [4.69, 9.17) is 15.5 Å². The van der Waals surface area contributed by atoms with Crippen LogP contribution < -0.4 is 5.73 Å². The highest BCUT2D eigenvalue weighted by Crippen LogP contribution is 2.53. The van der Waals surface area contributed by atoms with Crippen LogP contribution >= 0.6 is 11.8 Å². The Hall–Kier alpha value is -0.790. The van der Waals surface area contributed by atoms with E-state index < -0.39 is 22.9 Å². The Morgan fingerprint density at radius 2 is 1.64 bits per heavy atom. The fourth-order valence-electron chi connectivity index (χ4n) is 5.23. The van der Waals surface area contributed by atoms with Crippen LogP contribution in [0.3, 0.4) is 0 Å². The molecule has 2 unspecified atom stereocenters. The second-order valence-electron chi connectivity index (χ2n) is 7.78. The fraction of sp³-hybridized carbons (Fsp3) is 0.889. The number of hydrogen-bond donors (Lipinski definition) is 1. The molecule has 0 amide bonds. The van der Waals surface area contributed by atoms with E-state index in [0.29, 0.717) is 18.8 Å². The predicted molar refractivity (Wildman–Crippen MR) is 94.2 cm³/mol. The summed E-state index contributed by atoms with van der Waals surface area (Å²) in [5.41, 5.74) is 4.45. The summed E-state index contributed by atoms with van der Waals surface area (Å²) in [5.74, 6) is -0.260. The fourth-order valence-corrected chi connectivity index (χ4v) is 6.12. The van der Waals surface area contributed by atoms with Gasteiger partial charge in [0.1, 0.15) is 11.0 Å². The van der Waals surface area contributed by atoms with Crippen molar-refractivity contribution in [2.75, 3.05) is 12.0 Å². The second kappa shape index (κ2) is 7.84. The van der Waals surface area contributed by atoms with Crippen molar-refractivity contribution in [2.24, 2.45) is 23.0 Å². The standard InChI is InChI=1S/C18H29NO5S/c1-25-12-14(13-8-4-2-5-9-13)18(19)16(21)23-24-22-15(20)17(18)10-6-3-7-11-17/h13-14H,2-12,19H2,1H3. The first-order chi connectivity index (χ1) is 12.1. The minimum atomic E-state index is -1.40. The van der Waals surface area contributed by atoms with Crippen molar-refractivity contribution in [3.05, 3.63) is 0 Å². The summed E-state index contributed by atoms with van der Waals surface area (Å²) in [6.45, 7) is 0. The van der Waals surface area contributed by atoms with Gasteiger partial charge in [0.15, 0.2) is 0 Å². The molecule has 25 heavy (non-hydrogen) atoms. The molecule has 0 aromatic rings. The normalized spacial score (nSPS) is 31.9. The van der Waals surface area contributed by atoms with Crippen LogP contribution in [-0.2, 0) is 24.4 Å². The van der Waals surface area contributed by atoms with Gasteiger partial charge < -0.3 is 5.73 Å². The molecule has 2 saturated carbocycles. The highest BCUT2D eigenvalue weighted by Gasteiger charge is 2.67. The molecule has 1 spiro atoms. The molecule has 7 heteroatoms. The average Bonchev–Trinajstić information content (AvgIpc) is 2.73. The predicted octanol–water partition coefficient (Wildman–Crippen LogP) is 3.14. The van der Waals surface area contributed by atoms with Crippen LogP contribution in [0.4, 0.5) is 0 Å². The van der Waals surface area contributed by atoms with Crippen molar-refractivity contribution >= 4 is 23.7 Å². The molecule has 1 heterocycles. The second-order valence-corrected chi connectivity index (χ2v) is 8.69. The Kier molecular flexibility index (Phi) is 5.96. The maximum absolute atomic E-state index is 13.0. The molecule has 2 N–H and O–H groups in total. The zero-order valence-electron chi connectivity index (χ0n) is 15.0. The minimum Gasteiger partial charge on any atom is -0.315 e. The number of hydrogen-bond acceptors (Lipinski definition) is 7. The minimum absolute atomic E-state index is 0.123. The summed E-state index contributed by atoms with van der Waals surface area (Å²) in [5, 5.41) is 4.47. The number of carbonyl (C=O) groups is 2. The Balaban J connectivity index is 2.05. The first-order valence-corrected chi connectivity index (χ1v) is 10.8. The molecule has 0 bridgehead atoms. The van der Waals surface area contributed by atoms with Crippen molar-refractivity contribution in [3.63, 3.8) is 0 Å². The molecule has 3 aliphatic rings. The van der Waals surface area contributed by atoms with Crippen LogP contribution in [0.5, 0.6) is 0 Å². The topological polar surface area (TPSA) is 87.9 Å². The van der Waals surface area contributed by atoms with Gasteiger partial charge in [-0.3, -0.25) is 9.78 Å². The van der Waals surface area contributed by atoms with Gasteiger partial charge >= 0.3 is 11.9 Å². The molecule has 3 fully saturated rings. The first kappa shape index (κ1) is 19.0. The lowest BCUT2D eigenvalue weighted by Crippen LogP contribution is -2.70. The maximum Gasteiger partial charge on any atom is 0.367 e. The summed E-state index contributed by atoms with van der Waals surface area (Å²) in [6, 6.07) is 0. The van der Waals surface area contributed by atoms with Crippen molar-refractivity contribution < 1.29 is 24.4 Å². The summed E-state index contributed by atoms with van der Waals surface area (Å²) >= 11 is 1.67. The highest BCUT2D eigenvalue weighted by molar-refractivity contribution is 7.98. The molecule has 0 aromatic heterocycles. The van der Waals surface area contributed by atoms with Crippen molar-refractivity contribution in [2.45, 2.75) is 69.7 Å². The number of nitrogens with two attached hydrogens (primary N) is 1. The van der Waals surface area contributed by atoms with Gasteiger partial charge in [-0.15, -0.1) is 0 Å². The molecular formula is C18H29NO5S. The van der Waals surface area contributed by atoms with E-state index in [1.807, 2.05) is 6.26 Å². The van der Waals surface area contributed by atoms with Crippen LogP contribution in [0.15, 0.2) is 0 Å². The van der Waals surface area contributed by atoms with Gasteiger partial charge in [0.25, 0.3) is 0 Å². The van der Waals surface area contributed by atoms with Crippen molar-refractivity contribution in [1.29, 1.82) is 0 Å². The third-order valence-electron chi connectivity index (χ3n) is 6.60. The molecule has 0 aromatic carbocycles. The molecule has 1 aliphatic heterocycles. The molecule has 2 aliphatic carbocycles. The van der Waals surface area contributed by atoms with E-state index in [1.54, 1.807) is 11.8 Å². The lowest BCUT2D eigenvalue weighted by atomic mass is 9.54. The first-order valence-electron chi connectivity index (χ1n) is 9.44. The van der Waals surface area contributed by atoms with Crippen LogP contribution in [0.1, 0.15) is 64.2 Å². The number of carbonyl (C=O) groups excluding carboxylic acids is 2. The van der Waals surface area contributed by atoms with Gasteiger partial charge in [0.2, 0.25) is 0 Å². The Morgan fingerprint density at radius 1 is 1.04 bits per heavy atom. The largest absolute Gasteiger partial charge is 0.367 e. The average molecular weight is 371 g/mol. The van der Waals surface area contributed by atoms with E-state index >= 15 is 0 Å². The summed E-state index contributed by atoms with van der Waals surface area (Å²) in [7, 11) is 0. The summed E-state index contributed by atoms with van der Waals surface area (Å²) in [6.07, 6.45) is 11.5. The smallest absolute Gasteiger partial charge is 0.315 e. The SMILES string of the molecule is CSCC(C1CCCCC1)C1(N)C(=O)OOOC(=O)C12CCCCC2. The molecule has 0 radical (unpaired) electrons. The molecule has 3 rings (SSSR count). The van der Waals surface area contributed by atoms with Crippen LogP contribution in [0, 0.1) is 17.3 Å². The third kappa shape index (κ3) is 3.19. The van der Waals surface area contributed by atoms with Gasteiger partial charge in [0, 0.05) is 11.0 Å².